The van der Waals surface area contributed by atoms with Crippen molar-refractivity contribution < 1.29 is 4.73 Å². The Balaban J connectivity index is 2.03. The first kappa shape index (κ1) is 13.5. The Bertz CT molecular complexity index is 963. The third-order valence-electron chi connectivity index (χ3n) is 4.06. The first-order valence-electron chi connectivity index (χ1n) is 7.61. The Morgan fingerprint density at radius 2 is 1.22 bits per heavy atom. The molecule has 0 aliphatic carbocycles. The number of hydrogen-bond acceptors (Lipinski definition) is 1. The summed E-state index contributed by atoms with van der Waals surface area (Å²) in [4.78, 5) is 0. The standard InChI is InChI=1S/C21H15NO/c23-22-20(17-10-5-2-6-11-17)15-14-18-12-7-13-19(21(18)22)16-8-3-1-4-9-16/h1-15H. The lowest BCUT2D eigenvalue weighted by molar-refractivity contribution is -0.564. The van der Waals surface area contributed by atoms with E-state index >= 15 is 0 Å². The fourth-order valence-corrected chi connectivity index (χ4v) is 2.95. The van der Waals surface area contributed by atoms with Crippen molar-refractivity contribution >= 4 is 10.9 Å². The van der Waals surface area contributed by atoms with E-state index in [0.29, 0.717) is 11.2 Å². The highest BCUT2D eigenvalue weighted by molar-refractivity contribution is 5.92. The Labute approximate surface area is 134 Å². The maximum Gasteiger partial charge on any atom is 0.232 e. The van der Waals surface area contributed by atoms with Crippen molar-refractivity contribution in [1.29, 1.82) is 0 Å². The molecule has 0 atom stereocenters. The van der Waals surface area contributed by atoms with E-state index in [0.717, 1.165) is 26.8 Å². The minimum absolute atomic E-state index is 0.668. The predicted molar refractivity (Wildman–Crippen MR) is 93.8 cm³/mol. The van der Waals surface area contributed by atoms with Crippen molar-refractivity contribution in [2.75, 3.05) is 0 Å². The van der Waals surface area contributed by atoms with Gasteiger partial charge in [0.25, 0.3) is 0 Å². The second-order valence-electron chi connectivity index (χ2n) is 5.49. The molecular weight excluding hydrogens is 282 g/mol. The van der Waals surface area contributed by atoms with Crippen LogP contribution in [0.15, 0.2) is 91.0 Å². The number of pyridine rings is 1. The molecule has 4 rings (SSSR count). The second-order valence-corrected chi connectivity index (χ2v) is 5.49. The van der Waals surface area contributed by atoms with E-state index in [1.54, 1.807) is 0 Å². The molecule has 0 amide bonds. The molecule has 110 valence electrons. The van der Waals surface area contributed by atoms with Crippen LogP contribution in [0.4, 0.5) is 0 Å². The number of rotatable bonds is 2. The Hall–Kier alpha value is -3.13. The van der Waals surface area contributed by atoms with Gasteiger partial charge in [-0.3, -0.25) is 0 Å². The minimum Gasteiger partial charge on any atom is -0.618 e. The summed E-state index contributed by atoms with van der Waals surface area (Å²) in [5, 5.41) is 14.0. The molecule has 0 radical (unpaired) electrons. The molecule has 2 nitrogen and oxygen atoms in total. The summed E-state index contributed by atoms with van der Waals surface area (Å²) >= 11 is 0. The summed E-state index contributed by atoms with van der Waals surface area (Å²) in [7, 11) is 0. The second kappa shape index (κ2) is 5.58. The third kappa shape index (κ3) is 2.34. The van der Waals surface area contributed by atoms with Crippen molar-refractivity contribution in [3.8, 4) is 22.4 Å². The maximum atomic E-state index is 13.0. The van der Waals surface area contributed by atoms with E-state index in [1.165, 1.54) is 0 Å². The normalized spacial score (nSPS) is 10.8. The van der Waals surface area contributed by atoms with E-state index in [-0.39, 0.29) is 0 Å². The Morgan fingerprint density at radius 1 is 0.565 bits per heavy atom. The van der Waals surface area contributed by atoms with E-state index in [4.69, 9.17) is 0 Å². The van der Waals surface area contributed by atoms with Gasteiger partial charge in [-0.25, -0.2) is 0 Å². The van der Waals surface area contributed by atoms with Crippen LogP contribution in [0.25, 0.3) is 33.3 Å². The fourth-order valence-electron chi connectivity index (χ4n) is 2.95. The Morgan fingerprint density at radius 3 is 1.91 bits per heavy atom. The zero-order valence-corrected chi connectivity index (χ0v) is 12.5. The van der Waals surface area contributed by atoms with Gasteiger partial charge in [-0.15, -0.1) is 0 Å². The van der Waals surface area contributed by atoms with Crippen molar-refractivity contribution in [2.24, 2.45) is 0 Å². The molecule has 0 saturated carbocycles. The van der Waals surface area contributed by atoms with Crippen molar-refractivity contribution in [1.82, 2.24) is 0 Å². The summed E-state index contributed by atoms with van der Waals surface area (Å²) in [5.74, 6) is 0. The van der Waals surface area contributed by atoms with Gasteiger partial charge in [-0.1, -0.05) is 54.6 Å². The van der Waals surface area contributed by atoms with E-state index in [2.05, 4.69) is 0 Å². The first-order valence-corrected chi connectivity index (χ1v) is 7.61. The van der Waals surface area contributed by atoms with E-state index in [9.17, 15) is 5.21 Å². The quantitative estimate of drug-likeness (QED) is 0.385. The van der Waals surface area contributed by atoms with Gasteiger partial charge in [-0.05, 0) is 35.9 Å². The number of para-hydroxylation sites is 1. The van der Waals surface area contributed by atoms with Gasteiger partial charge in [-0.2, -0.15) is 4.73 Å². The van der Waals surface area contributed by atoms with Crippen molar-refractivity contribution in [2.45, 2.75) is 0 Å². The molecule has 0 unspecified atom stereocenters. The molecule has 0 aliphatic rings. The zero-order valence-electron chi connectivity index (χ0n) is 12.5. The molecule has 0 saturated heterocycles. The Kier molecular flexibility index (Phi) is 3.28. The molecule has 1 heterocycles. The van der Waals surface area contributed by atoms with Crippen molar-refractivity contribution in [3.63, 3.8) is 0 Å². The summed E-state index contributed by atoms with van der Waals surface area (Å²) in [6, 6.07) is 29.7. The van der Waals surface area contributed by atoms with Crippen LogP contribution in [0, 0.1) is 5.21 Å². The van der Waals surface area contributed by atoms with Gasteiger partial charge in [0.05, 0.1) is 5.56 Å². The molecule has 0 aliphatic heterocycles. The molecule has 0 N–H and O–H groups in total. The van der Waals surface area contributed by atoms with Gasteiger partial charge in [0.2, 0.25) is 11.2 Å². The van der Waals surface area contributed by atoms with Crippen LogP contribution in [0.1, 0.15) is 0 Å². The smallest absolute Gasteiger partial charge is 0.232 e. The van der Waals surface area contributed by atoms with Crippen LogP contribution in [-0.4, -0.2) is 0 Å². The molecule has 0 bridgehead atoms. The highest BCUT2D eigenvalue weighted by Gasteiger charge is 2.16. The third-order valence-corrected chi connectivity index (χ3v) is 4.06. The van der Waals surface area contributed by atoms with Crippen LogP contribution in [0.3, 0.4) is 0 Å². The average molecular weight is 297 g/mol. The van der Waals surface area contributed by atoms with Crippen molar-refractivity contribution in [3.05, 3.63) is 96.2 Å². The highest BCUT2D eigenvalue weighted by atomic mass is 16.5. The largest absolute Gasteiger partial charge is 0.618 e. The van der Waals surface area contributed by atoms with Gasteiger partial charge in [0, 0.05) is 17.0 Å². The van der Waals surface area contributed by atoms with Gasteiger partial charge in [0.1, 0.15) is 0 Å². The lowest BCUT2D eigenvalue weighted by Gasteiger charge is -2.11. The molecule has 0 spiro atoms. The number of nitrogens with zero attached hydrogens (tertiary/aromatic N) is 1. The lowest BCUT2D eigenvalue weighted by atomic mass is 10.0. The van der Waals surface area contributed by atoms with E-state index in [1.807, 2.05) is 91.0 Å². The van der Waals surface area contributed by atoms with Gasteiger partial charge < -0.3 is 5.21 Å². The maximum absolute atomic E-state index is 13.0. The molecule has 4 aromatic rings. The first-order chi connectivity index (χ1) is 11.3. The fraction of sp³-hybridized carbons (Fsp3) is 0. The summed E-state index contributed by atoms with van der Waals surface area (Å²) in [6.07, 6.45) is 0. The van der Waals surface area contributed by atoms with Gasteiger partial charge >= 0.3 is 0 Å². The SMILES string of the molecule is [O-][n+]1c(-c2ccccc2)ccc2cccc(-c3ccccc3)c21. The van der Waals surface area contributed by atoms with Crippen LogP contribution in [0.2, 0.25) is 0 Å². The lowest BCUT2D eigenvalue weighted by Crippen LogP contribution is -2.30. The van der Waals surface area contributed by atoms with Gasteiger partial charge in [0.15, 0.2) is 0 Å². The van der Waals surface area contributed by atoms with Crippen LogP contribution in [-0.2, 0) is 0 Å². The minimum atomic E-state index is 0.668. The number of fused-ring (bicyclic) bond motifs is 1. The molecular formula is C21H15NO. The molecule has 3 aromatic carbocycles. The molecule has 2 heteroatoms. The molecule has 23 heavy (non-hydrogen) atoms. The zero-order chi connectivity index (χ0) is 15.6. The van der Waals surface area contributed by atoms with Crippen LogP contribution in [0.5, 0.6) is 0 Å². The summed E-state index contributed by atoms with van der Waals surface area (Å²) in [6.45, 7) is 0. The highest BCUT2D eigenvalue weighted by Crippen LogP contribution is 2.28. The molecule has 0 fully saturated rings. The average Bonchev–Trinajstić information content (AvgIpc) is 2.63. The number of hydrogen-bond donors (Lipinski definition) is 0. The number of aromatic nitrogens is 1. The predicted octanol–water partition coefficient (Wildman–Crippen LogP) is 4.81. The van der Waals surface area contributed by atoms with E-state index < -0.39 is 0 Å². The van der Waals surface area contributed by atoms with Crippen LogP contribution >= 0.6 is 0 Å². The van der Waals surface area contributed by atoms with Crippen LogP contribution < -0.4 is 4.73 Å². The monoisotopic (exact) mass is 297 g/mol. The number of benzene rings is 3. The topological polar surface area (TPSA) is 26.9 Å². The summed E-state index contributed by atoms with van der Waals surface area (Å²) in [5.41, 5.74) is 4.30. The molecule has 1 aromatic heterocycles. The summed E-state index contributed by atoms with van der Waals surface area (Å²) < 4.78 is 1.05.